The number of hydrogen-bond donors (Lipinski definition) is 2. The summed E-state index contributed by atoms with van der Waals surface area (Å²) in [4.78, 5) is 2.45. The van der Waals surface area contributed by atoms with Gasteiger partial charge in [-0.25, -0.2) is 0 Å². The van der Waals surface area contributed by atoms with E-state index in [1.807, 2.05) is 0 Å². The minimum atomic E-state index is -4.37. The van der Waals surface area contributed by atoms with Crippen molar-refractivity contribution < 1.29 is 13.2 Å². The number of aromatic amines is 1. The van der Waals surface area contributed by atoms with Gasteiger partial charge in [-0.15, -0.1) is 0 Å². The predicted molar refractivity (Wildman–Crippen MR) is 68.4 cm³/mol. The molecule has 1 heterocycles. The number of H-pyrrole nitrogens is 1. The summed E-state index contributed by atoms with van der Waals surface area (Å²) in [6, 6.07) is 5.05. The van der Waals surface area contributed by atoms with E-state index in [1.54, 1.807) is 18.2 Å². The lowest BCUT2D eigenvalue weighted by atomic mass is 10.1. The molecule has 2 rings (SSSR count). The molecule has 1 aromatic heterocycles. The fourth-order valence-electron chi connectivity index (χ4n) is 2.00. The Hall–Kier alpha value is -1.01. The number of hydrogen-bond acceptors (Lipinski definition) is 1. The first-order chi connectivity index (χ1) is 8.43. The van der Waals surface area contributed by atoms with Crippen molar-refractivity contribution in [1.29, 1.82) is 0 Å². The Morgan fingerprint density at radius 1 is 1.28 bits per heavy atom. The molecular weight excluding hydrogens is 309 g/mol. The molecule has 0 aliphatic rings. The van der Waals surface area contributed by atoms with Gasteiger partial charge >= 0.3 is 6.18 Å². The van der Waals surface area contributed by atoms with Crippen LogP contribution in [0.5, 0.6) is 0 Å². The van der Waals surface area contributed by atoms with Crippen molar-refractivity contribution in [3.63, 3.8) is 0 Å². The van der Waals surface area contributed by atoms with Gasteiger partial charge in [-0.1, -0.05) is 15.9 Å². The molecular formula is C12H12BrF3N2. The average Bonchev–Trinajstić information content (AvgIpc) is 2.64. The lowest BCUT2D eigenvalue weighted by Gasteiger charge is -2.07. The van der Waals surface area contributed by atoms with E-state index in [0.717, 1.165) is 4.47 Å². The lowest BCUT2D eigenvalue weighted by Crippen LogP contribution is -2.10. The number of rotatable bonds is 3. The molecule has 0 atom stereocenters. The third-order valence-corrected chi connectivity index (χ3v) is 3.28. The van der Waals surface area contributed by atoms with Crippen LogP contribution in [0.3, 0.4) is 0 Å². The highest BCUT2D eigenvalue weighted by Crippen LogP contribution is 2.36. The van der Waals surface area contributed by atoms with E-state index in [1.165, 1.54) is 0 Å². The second kappa shape index (κ2) is 4.93. The van der Waals surface area contributed by atoms with Crippen LogP contribution in [0.2, 0.25) is 0 Å². The third kappa shape index (κ3) is 2.54. The molecule has 0 radical (unpaired) electrons. The van der Waals surface area contributed by atoms with Crippen LogP contribution in [0, 0.1) is 0 Å². The van der Waals surface area contributed by atoms with Crippen LogP contribution in [0.1, 0.15) is 17.7 Å². The molecule has 2 aromatic rings. The minimum Gasteiger partial charge on any atom is -0.351 e. The summed E-state index contributed by atoms with van der Waals surface area (Å²) in [5, 5.41) is 0.602. The van der Waals surface area contributed by atoms with Crippen molar-refractivity contribution in [2.24, 2.45) is 5.73 Å². The molecule has 3 N–H and O–H groups in total. The van der Waals surface area contributed by atoms with Gasteiger partial charge in [-0.3, -0.25) is 0 Å². The fourth-order valence-corrected chi connectivity index (χ4v) is 2.36. The summed E-state index contributed by atoms with van der Waals surface area (Å²) in [5.41, 5.74) is 5.51. The van der Waals surface area contributed by atoms with E-state index in [2.05, 4.69) is 20.9 Å². The van der Waals surface area contributed by atoms with Gasteiger partial charge in [-0.2, -0.15) is 13.2 Å². The summed E-state index contributed by atoms with van der Waals surface area (Å²) >= 11 is 3.27. The first kappa shape index (κ1) is 13.4. The second-order valence-electron chi connectivity index (χ2n) is 4.06. The SMILES string of the molecule is NCCCc1c(C(F)(F)F)[nH]c2ccc(Br)cc12. The molecule has 6 heteroatoms. The molecule has 0 unspecified atom stereocenters. The van der Waals surface area contributed by atoms with Crippen molar-refractivity contribution in [3.8, 4) is 0 Å². The van der Waals surface area contributed by atoms with Gasteiger partial charge in [0.1, 0.15) is 5.69 Å². The van der Waals surface area contributed by atoms with E-state index in [-0.39, 0.29) is 0 Å². The zero-order valence-electron chi connectivity index (χ0n) is 9.44. The molecule has 0 saturated carbocycles. The van der Waals surface area contributed by atoms with E-state index in [0.29, 0.717) is 35.9 Å². The van der Waals surface area contributed by atoms with Crippen LogP contribution in [0.4, 0.5) is 13.2 Å². The molecule has 1 aromatic carbocycles. The number of halogens is 4. The fraction of sp³-hybridized carbons (Fsp3) is 0.333. The van der Waals surface area contributed by atoms with Gasteiger partial charge in [-0.05, 0) is 43.1 Å². The van der Waals surface area contributed by atoms with Crippen molar-refractivity contribution >= 4 is 26.8 Å². The van der Waals surface area contributed by atoms with Crippen molar-refractivity contribution in [3.05, 3.63) is 33.9 Å². The van der Waals surface area contributed by atoms with Gasteiger partial charge < -0.3 is 10.7 Å². The molecule has 0 aliphatic carbocycles. The normalized spacial score (nSPS) is 12.3. The van der Waals surface area contributed by atoms with E-state index < -0.39 is 11.9 Å². The van der Waals surface area contributed by atoms with Crippen molar-refractivity contribution in [2.75, 3.05) is 6.54 Å². The molecule has 0 bridgehead atoms. The first-order valence-electron chi connectivity index (χ1n) is 5.51. The highest BCUT2D eigenvalue weighted by atomic mass is 79.9. The third-order valence-electron chi connectivity index (χ3n) is 2.78. The number of aryl methyl sites for hydroxylation is 1. The summed E-state index contributed by atoms with van der Waals surface area (Å²) in [5.74, 6) is 0. The topological polar surface area (TPSA) is 41.8 Å². The number of alkyl halides is 3. The van der Waals surface area contributed by atoms with Crippen LogP contribution in [0.25, 0.3) is 10.9 Å². The highest BCUT2D eigenvalue weighted by Gasteiger charge is 2.36. The van der Waals surface area contributed by atoms with Gasteiger partial charge in [0.25, 0.3) is 0 Å². The van der Waals surface area contributed by atoms with E-state index in [9.17, 15) is 13.2 Å². The van der Waals surface area contributed by atoms with Crippen LogP contribution in [0.15, 0.2) is 22.7 Å². The van der Waals surface area contributed by atoms with Crippen LogP contribution < -0.4 is 5.73 Å². The Kier molecular flexibility index (Phi) is 3.68. The van der Waals surface area contributed by atoms with Gasteiger partial charge in [0.05, 0.1) is 0 Å². The first-order valence-corrected chi connectivity index (χ1v) is 6.30. The number of benzene rings is 1. The Bertz CT molecular complexity index is 560. The molecule has 0 aliphatic heterocycles. The average molecular weight is 321 g/mol. The molecule has 18 heavy (non-hydrogen) atoms. The second-order valence-corrected chi connectivity index (χ2v) is 4.97. The Morgan fingerprint density at radius 3 is 2.61 bits per heavy atom. The summed E-state index contributed by atoms with van der Waals surface area (Å²) in [6.07, 6.45) is -3.51. The van der Waals surface area contributed by atoms with Crippen LogP contribution in [-0.2, 0) is 12.6 Å². The molecule has 0 spiro atoms. The predicted octanol–water partition coefficient (Wildman–Crippen LogP) is 3.84. The number of nitrogens with one attached hydrogen (secondary N) is 1. The largest absolute Gasteiger partial charge is 0.431 e. The zero-order valence-corrected chi connectivity index (χ0v) is 11.0. The number of nitrogens with two attached hydrogens (primary N) is 1. The van der Waals surface area contributed by atoms with Crippen LogP contribution in [-0.4, -0.2) is 11.5 Å². The van der Waals surface area contributed by atoms with Gasteiger partial charge in [0.15, 0.2) is 0 Å². The summed E-state index contributed by atoms with van der Waals surface area (Å²) in [6.45, 7) is 0.373. The lowest BCUT2D eigenvalue weighted by molar-refractivity contribution is -0.141. The maximum Gasteiger partial charge on any atom is 0.431 e. The Morgan fingerprint density at radius 2 is 2.00 bits per heavy atom. The van der Waals surface area contributed by atoms with Crippen molar-refractivity contribution in [1.82, 2.24) is 4.98 Å². The summed E-state index contributed by atoms with van der Waals surface area (Å²) in [7, 11) is 0. The standard InChI is InChI=1S/C12H12BrF3N2/c13-7-3-4-10-9(6-7)8(2-1-5-17)11(18-10)12(14,15)16/h3-4,6,18H,1-2,5,17H2. The minimum absolute atomic E-state index is 0.296. The monoisotopic (exact) mass is 320 g/mol. The molecule has 98 valence electrons. The number of fused-ring (bicyclic) bond motifs is 1. The maximum absolute atomic E-state index is 12.9. The van der Waals surface area contributed by atoms with E-state index >= 15 is 0 Å². The highest BCUT2D eigenvalue weighted by molar-refractivity contribution is 9.10. The van der Waals surface area contributed by atoms with Crippen LogP contribution >= 0.6 is 15.9 Å². The smallest absolute Gasteiger partial charge is 0.351 e. The Labute approximate surface area is 110 Å². The zero-order chi connectivity index (χ0) is 13.3. The van der Waals surface area contributed by atoms with Crippen molar-refractivity contribution in [2.45, 2.75) is 19.0 Å². The van der Waals surface area contributed by atoms with E-state index in [4.69, 9.17) is 5.73 Å². The molecule has 0 saturated heterocycles. The Balaban J connectivity index is 2.62. The van der Waals surface area contributed by atoms with Gasteiger partial charge in [0, 0.05) is 15.4 Å². The molecule has 2 nitrogen and oxygen atoms in total. The maximum atomic E-state index is 12.9. The number of aromatic nitrogens is 1. The molecule has 0 fully saturated rings. The molecule has 0 amide bonds. The van der Waals surface area contributed by atoms with Gasteiger partial charge in [0.2, 0.25) is 0 Å². The summed E-state index contributed by atoms with van der Waals surface area (Å²) < 4.78 is 39.6. The quantitative estimate of drug-likeness (QED) is 0.886.